The largest absolute Gasteiger partial charge is 0.480 e. The monoisotopic (exact) mass is 399 g/mol. The van der Waals surface area contributed by atoms with Crippen molar-refractivity contribution < 1.29 is 17.9 Å². The summed E-state index contributed by atoms with van der Waals surface area (Å²) in [7, 11) is 3.12. The van der Waals surface area contributed by atoms with Crippen molar-refractivity contribution in [2.24, 2.45) is 7.05 Å². The number of H-pyrrole nitrogens is 1. The second-order valence-electron chi connectivity index (χ2n) is 5.80. The first kappa shape index (κ1) is 17.6. The van der Waals surface area contributed by atoms with E-state index in [2.05, 4.69) is 25.9 Å². The maximum absolute atomic E-state index is 13.0. The quantitative estimate of drug-likeness (QED) is 0.626. The number of hydrogen-bond donors (Lipinski definition) is 3. The van der Waals surface area contributed by atoms with E-state index in [1.54, 1.807) is 23.9 Å². The first-order chi connectivity index (χ1) is 12.8. The van der Waals surface area contributed by atoms with Gasteiger partial charge < -0.3 is 14.7 Å². The molecule has 4 rings (SSSR count). The molecule has 0 atom stereocenters. The van der Waals surface area contributed by atoms with Gasteiger partial charge in [0.1, 0.15) is 10.5 Å². The molecule has 1 aliphatic heterocycles. The summed E-state index contributed by atoms with van der Waals surface area (Å²) in [6.07, 6.45) is -2.92. The van der Waals surface area contributed by atoms with Crippen molar-refractivity contribution in [3.63, 3.8) is 0 Å². The number of methoxy groups -OCH3 is 1. The lowest BCUT2D eigenvalue weighted by Gasteiger charge is -2.04. The number of hydrazine groups is 1. The van der Waals surface area contributed by atoms with E-state index in [-0.39, 0.29) is 16.7 Å². The molecule has 0 saturated carbocycles. The molecule has 3 N–H and O–H groups in total. The maximum atomic E-state index is 13.0. The molecule has 8 nitrogen and oxygen atoms in total. The SMILES string of the molecule is COc1nc2c(C3=CNNC3)c(-c3n[nH]c(C(F)(F)F)n3)n(C)c2cc1Cl. The van der Waals surface area contributed by atoms with E-state index in [9.17, 15) is 13.2 Å². The molecule has 27 heavy (non-hydrogen) atoms. The lowest BCUT2D eigenvalue weighted by molar-refractivity contribution is -0.144. The predicted octanol–water partition coefficient (Wildman–Crippen LogP) is 2.49. The summed E-state index contributed by atoms with van der Waals surface area (Å²) in [5.41, 5.74) is 8.66. The Balaban J connectivity index is 2.03. The number of rotatable bonds is 3. The molecule has 0 bridgehead atoms. The van der Waals surface area contributed by atoms with Gasteiger partial charge in [-0.3, -0.25) is 5.10 Å². The second-order valence-corrected chi connectivity index (χ2v) is 6.21. The first-order valence-corrected chi connectivity index (χ1v) is 8.09. The zero-order valence-corrected chi connectivity index (χ0v) is 14.8. The molecule has 0 aliphatic carbocycles. The van der Waals surface area contributed by atoms with Crippen molar-refractivity contribution >= 4 is 28.2 Å². The molecule has 0 aromatic carbocycles. The molecule has 0 spiro atoms. The topological polar surface area (TPSA) is 92.7 Å². The molecule has 3 aromatic heterocycles. The zero-order chi connectivity index (χ0) is 19.3. The number of alkyl halides is 3. The van der Waals surface area contributed by atoms with Crippen LogP contribution < -0.4 is 15.6 Å². The van der Waals surface area contributed by atoms with E-state index in [1.165, 1.54) is 7.11 Å². The van der Waals surface area contributed by atoms with Crippen molar-refractivity contribution in [1.82, 2.24) is 35.6 Å². The molecule has 0 fully saturated rings. The van der Waals surface area contributed by atoms with Crippen molar-refractivity contribution in [3.8, 4) is 17.4 Å². The maximum Gasteiger partial charge on any atom is 0.451 e. The van der Waals surface area contributed by atoms with Crippen LogP contribution in [-0.2, 0) is 13.2 Å². The lowest BCUT2D eigenvalue weighted by Crippen LogP contribution is -2.20. The van der Waals surface area contributed by atoms with Gasteiger partial charge in [-0.1, -0.05) is 11.6 Å². The first-order valence-electron chi connectivity index (χ1n) is 7.72. The molecular weight excluding hydrogens is 387 g/mol. The van der Waals surface area contributed by atoms with Crippen molar-refractivity contribution in [2.75, 3.05) is 13.7 Å². The van der Waals surface area contributed by atoms with Gasteiger partial charge in [-0.2, -0.15) is 18.3 Å². The average Bonchev–Trinajstić information content (AvgIpc) is 3.33. The van der Waals surface area contributed by atoms with Crippen LogP contribution in [0.2, 0.25) is 5.02 Å². The van der Waals surface area contributed by atoms with Crippen molar-refractivity contribution in [3.05, 3.63) is 28.7 Å². The molecule has 12 heteroatoms. The minimum Gasteiger partial charge on any atom is -0.480 e. The Bertz CT molecular complexity index is 1070. The molecule has 1 aliphatic rings. The minimum absolute atomic E-state index is 0.0966. The van der Waals surface area contributed by atoms with Crippen LogP contribution in [-0.4, -0.2) is 38.4 Å². The Morgan fingerprint density at radius 1 is 1.30 bits per heavy atom. The van der Waals surface area contributed by atoms with Crippen LogP contribution in [0.4, 0.5) is 13.2 Å². The molecule has 4 heterocycles. The van der Waals surface area contributed by atoms with Crippen molar-refractivity contribution in [2.45, 2.75) is 6.18 Å². The Morgan fingerprint density at radius 3 is 2.67 bits per heavy atom. The number of aromatic nitrogens is 5. The molecule has 142 valence electrons. The summed E-state index contributed by atoms with van der Waals surface area (Å²) in [6, 6.07) is 1.64. The normalized spacial score (nSPS) is 14.5. The number of hydrogen-bond acceptors (Lipinski definition) is 6. The van der Waals surface area contributed by atoms with Gasteiger partial charge in [-0.05, 0) is 11.6 Å². The number of aromatic amines is 1. The molecule has 0 amide bonds. The Morgan fingerprint density at radius 2 is 2.07 bits per heavy atom. The molecule has 0 unspecified atom stereocenters. The van der Waals surface area contributed by atoms with Gasteiger partial charge in [0.15, 0.2) is 5.82 Å². The third-order valence-electron chi connectivity index (χ3n) is 4.20. The smallest absolute Gasteiger partial charge is 0.451 e. The number of nitrogens with one attached hydrogen (secondary N) is 3. The number of nitrogens with zero attached hydrogens (tertiary/aromatic N) is 4. The highest BCUT2D eigenvalue weighted by atomic mass is 35.5. The summed E-state index contributed by atoms with van der Waals surface area (Å²) in [5.74, 6) is -1.05. The third-order valence-corrected chi connectivity index (χ3v) is 4.47. The molecular formula is C15H13ClF3N7O. The number of aryl methyl sites for hydroxylation is 1. The van der Waals surface area contributed by atoms with E-state index in [4.69, 9.17) is 16.3 Å². The highest BCUT2D eigenvalue weighted by Crippen LogP contribution is 2.39. The number of fused-ring (bicyclic) bond motifs is 1. The number of halogens is 4. The van der Waals surface area contributed by atoms with Crippen LogP contribution in [0.3, 0.4) is 0 Å². The number of ether oxygens (including phenoxy) is 1. The minimum atomic E-state index is -4.63. The van der Waals surface area contributed by atoms with Crippen molar-refractivity contribution in [1.29, 1.82) is 0 Å². The highest BCUT2D eigenvalue weighted by molar-refractivity contribution is 6.32. The van der Waals surface area contributed by atoms with Gasteiger partial charge in [0, 0.05) is 25.4 Å². The summed E-state index contributed by atoms with van der Waals surface area (Å²) in [4.78, 5) is 8.07. The molecule has 0 saturated heterocycles. The zero-order valence-electron chi connectivity index (χ0n) is 14.1. The summed E-state index contributed by atoms with van der Waals surface area (Å²) in [6.45, 7) is 0.440. The standard InChI is InChI=1S/C15H13ClF3N7O/c1-26-8-3-7(16)13(27-2)22-10(8)9(6-4-20-21-5-6)11(26)12-23-14(25-24-12)15(17,18)19/h3-4,20-21H,5H2,1-2H3,(H,23,24,25). The van der Waals surface area contributed by atoms with E-state index in [0.717, 1.165) is 5.57 Å². The summed E-state index contributed by atoms with van der Waals surface area (Å²) in [5, 5.41) is 6.00. The van der Waals surface area contributed by atoms with Crippen LogP contribution in [0, 0.1) is 0 Å². The third kappa shape index (κ3) is 2.79. The van der Waals surface area contributed by atoms with Crippen LogP contribution >= 0.6 is 11.6 Å². The van der Waals surface area contributed by atoms with Crippen LogP contribution in [0.1, 0.15) is 11.4 Å². The summed E-state index contributed by atoms with van der Waals surface area (Å²) >= 11 is 6.18. The Labute approximate surface area is 155 Å². The van der Waals surface area contributed by atoms with Crippen LogP contribution in [0.15, 0.2) is 12.3 Å². The van der Waals surface area contributed by atoms with Gasteiger partial charge in [0.2, 0.25) is 11.7 Å². The van der Waals surface area contributed by atoms with Gasteiger partial charge in [-0.15, -0.1) is 0 Å². The average molecular weight is 400 g/mol. The Kier molecular flexibility index (Phi) is 4.00. The van der Waals surface area contributed by atoms with Crippen LogP contribution in [0.5, 0.6) is 5.88 Å². The van der Waals surface area contributed by atoms with Gasteiger partial charge in [0.05, 0.1) is 18.3 Å². The lowest BCUT2D eigenvalue weighted by atomic mass is 10.1. The Hall–Kier alpha value is -2.79. The number of pyridine rings is 1. The van der Waals surface area contributed by atoms with E-state index in [0.29, 0.717) is 28.8 Å². The van der Waals surface area contributed by atoms with Gasteiger partial charge in [-0.25, -0.2) is 15.4 Å². The fourth-order valence-corrected chi connectivity index (χ4v) is 3.22. The predicted molar refractivity (Wildman–Crippen MR) is 91.8 cm³/mol. The van der Waals surface area contributed by atoms with Crippen LogP contribution in [0.25, 0.3) is 28.1 Å². The fraction of sp³-hybridized carbons (Fsp3) is 0.267. The molecule has 0 radical (unpaired) electrons. The summed E-state index contributed by atoms with van der Waals surface area (Å²) < 4.78 is 45.7. The van der Waals surface area contributed by atoms with E-state index in [1.807, 2.05) is 5.10 Å². The fourth-order valence-electron chi connectivity index (χ4n) is 3.00. The highest BCUT2D eigenvalue weighted by Gasteiger charge is 2.36. The second kappa shape index (κ2) is 6.13. The van der Waals surface area contributed by atoms with E-state index >= 15 is 0 Å². The molecule has 3 aromatic rings. The van der Waals surface area contributed by atoms with Gasteiger partial charge in [0.25, 0.3) is 0 Å². The van der Waals surface area contributed by atoms with E-state index < -0.39 is 12.0 Å². The van der Waals surface area contributed by atoms with Gasteiger partial charge >= 0.3 is 6.18 Å².